The molecule has 236 valence electrons. The lowest BCUT2D eigenvalue weighted by molar-refractivity contribution is 1.18. The van der Waals surface area contributed by atoms with Gasteiger partial charge in [0, 0.05) is 27.6 Å². The Kier molecular flexibility index (Phi) is 7.53. The van der Waals surface area contributed by atoms with Gasteiger partial charge in [0.2, 0.25) is 0 Å². The van der Waals surface area contributed by atoms with E-state index in [2.05, 4.69) is 216 Å². The van der Waals surface area contributed by atoms with E-state index in [9.17, 15) is 0 Å². The highest BCUT2D eigenvalue weighted by Crippen LogP contribution is 2.50. The summed E-state index contributed by atoms with van der Waals surface area (Å²) < 4.78 is 2.40. The summed E-state index contributed by atoms with van der Waals surface area (Å²) in [6, 6.07) is 74.1. The minimum atomic E-state index is 1.12. The Hall–Kier alpha value is -6.64. The van der Waals surface area contributed by atoms with Crippen molar-refractivity contribution >= 4 is 38.9 Å². The van der Waals surface area contributed by atoms with Gasteiger partial charge in [-0.05, 0) is 64.7 Å². The maximum atomic E-state index is 2.50. The fourth-order valence-corrected chi connectivity index (χ4v) is 7.45. The first-order valence-corrected chi connectivity index (χ1v) is 17.1. The number of rotatable bonds is 7. The fraction of sp³-hybridized carbons (Fsp3) is 0. The van der Waals surface area contributed by atoms with Gasteiger partial charge in [-0.2, -0.15) is 0 Å². The molecule has 0 aliphatic heterocycles. The molecule has 9 aromatic rings. The van der Waals surface area contributed by atoms with Crippen molar-refractivity contribution in [1.82, 2.24) is 4.57 Å². The highest BCUT2D eigenvalue weighted by atomic mass is 15.2. The maximum absolute atomic E-state index is 2.50. The van der Waals surface area contributed by atoms with E-state index in [-0.39, 0.29) is 0 Å². The molecule has 50 heavy (non-hydrogen) atoms. The lowest BCUT2D eigenvalue weighted by Crippen LogP contribution is -2.13. The van der Waals surface area contributed by atoms with E-state index in [0.29, 0.717) is 0 Å². The number of aromatic nitrogens is 1. The fourth-order valence-electron chi connectivity index (χ4n) is 7.45. The number of hydrogen-bond acceptors (Lipinski definition) is 1. The molecule has 9 rings (SSSR count). The molecule has 0 spiro atoms. The first kappa shape index (κ1) is 29.5. The summed E-state index contributed by atoms with van der Waals surface area (Å²) >= 11 is 0. The topological polar surface area (TPSA) is 8.17 Å². The van der Waals surface area contributed by atoms with Crippen LogP contribution in [0.2, 0.25) is 0 Å². The van der Waals surface area contributed by atoms with Crippen LogP contribution in [0.15, 0.2) is 206 Å². The van der Waals surface area contributed by atoms with Crippen LogP contribution in [0.4, 0.5) is 17.1 Å². The summed E-state index contributed by atoms with van der Waals surface area (Å²) in [5.41, 5.74) is 13.9. The second-order valence-corrected chi connectivity index (χ2v) is 12.5. The van der Waals surface area contributed by atoms with Gasteiger partial charge >= 0.3 is 0 Å². The number of anilines is 3. The molecule has 0 saturated carbocycles. The van der Waals surface area contributed by atoms with Crippen molar-refractivity contribution in [2.75, 3.05) is 4.90 Å². The Morgan fingerprint density at radius 1 is 0.320 bits per heavy atom. The number of para-hydroxylation sites is 3. The standard InChI is InChI=1S/C48H34N2/c1-5-19-35(20-6-1)39-27-13-15-30-42(39)50(44-32-17-29-40(36-21-7-2-8-22-36)47(44)37-23-9-3-10-24-37)46-34-18-33-45-48(46)41-28-14-16-31-43(41)49(45)38-25-11-4-12-26-38/h1-34H. The molecule has 0 amide bonds. The summed E-state index contributed by atoms with van der Waals surface area (Å²) in [5.74, 6) is 0. The maximum Gasteiger partial charge on any atom is 0.0562 e. The van der Waals surface area contributed by atoms with Gasteiger partial charge in [-0.1, -0.05) is 164 Å². The first-order chi connectivity index (χ1) is 24.9. The summed E-state index contributed by atoms with van der Waals surface area (Å²) in [6.07, 6.45) is 0. The van der Waals surface area contributed by atoms with Crippen LogP contribution < -0.4 is 4.90 Å². The third kappa shape index (κ3) is 5.06. The molecule has 2 heteroatoms. The van der Waals surface area contributed by atoms with E-state index in [4.69, 9.17) is 0 Å². The molecule has 0 N–H and O–H groups in total. The largest absolute Gasteiger partial charge is 0.309 e. The van der Waals surface area contributed by atoms with E-state index >= 15 is 0 Å². The lowest BCUT2D eigenvalue weighted by atomic mass is 9.91. The molecular weight excluding hydrogens is 605 g/mol. The van der Waals surface area contributed by atoms with Crippen LogP contribution in [0.5, 0.6) is 0 Å². The van der Waals surface area contributed by atoms with E-state index in [0.717, 1.165) is 28.3 Å². The van der Waals surface area contributed by atoms with E-state index in [1.807, 2.05) is 0 Å². The van der Waals surface area contributed by atoms with E-state index in [1.165, 1.54) is 49.7 Å². The predicted octanol–water partition coefficient (Wildman–Crippen LogP) is 13.3. The average Bonchev–Trinajstić information content (AvgIpc) is 3.54. The number of hydrogen-bond donors (Lipinski definition) is 0. The predicted molar refractivity (Wildman–Crippen MR) is 212 cm³/mol. The smallest absolute Gasteiger partial charge is 0.0562 e. The van der Waals surface area contributed by atoms with Gasteiger partial charge in [-0.3, -0.25) is 0 Å². The van der Waals surface area contributed by atoms with E-state index in [1.54, 1.807) is 0 Å². The van der Waals surface area contributed by atoms with E-state index < -0.39 is 0 Å². The minimum Gasteiger partial charge on any atom is -0.309 e. The molecule has 0 radical (unpaired) electrons. The molecule has 1 aromatic heterocycles. The zero-order valence-electron chi connectivity index (χ0n) is 27.5. The molecule has 0 unspecified atom stereocenters. The van der Waals surface area contributed by atoms with Crippen LogP contribution >= 0.6 is 0 Å². The zero-order chi connectivity index (χ0) is 33.3. The van der Waals surface area contributed by atoms with Crippen molar-refractivity contribution in [2.24, 2.45) is 0 Å². The van der Waals surface area contributed by atoms with Gasteiger partial charge < -0.3 is 9.47 Å². The normalized spacial score (nSPS) is 11.2. The summed E-state index contributed by atoms with van der Waals surface area (Å²) in [7, 11) is 0. The van der Waals surface area contributed by atoms with Gasteiger partial charge in [0.1, 0.15) is 0 Å². The number of fused-ring (bicyclic) bond motifs is 3. The second-order valence-electron chi connectivity index (χ2n) is 12.5. The summed E-state index contributed by atoms with van der Waals surface area (Å²) in [6.45, 7) is 0. The molecular formula is C48H34N2. The molecule has 0 aliphatic rings. The second kappa shape index (κ2) is 12.8. The van der Waals surface area contributed by atoms with Crippen LogP contribution in [0.1, 0.15) is 0 Å². The summed E-state index contributed by atoms with van der Waals surface area (Å²) in [4.78, 5) is 2.50. The highest BCUT2D eigenvalue weighted by molar-refractivity contribution is 6.17. The zero-order valence-corrected chi connectivity index (χ0v) is 27.5. The molecule has 0 atom stereocenters. The van der Waals surface area contributed by atoms with Crippen molar-refractivity contribution in [2.45, 2.75) is 0 Å². The minimum absolute atomic E-state index is 1.12. The van der Waals surface area contributed by atoms with Gasteiger partial charge in [-0.15, -0.1) is 0 Å². The highest BCUT2D eigenvalue weighted by Gasteiger charge is 2.26. The third-order valence-corrected chi connectivity index (χ3v) is 9.59. The van der Waals surface area contributed by atoms with Crippen LogP contribution in [-0.4, -0.2) is 4.57 Å². The third-order valence-electron chi connectivity index (χ3n) is 9.59. The Bertz CT molecular complexity index is 2570. The Morgan fingerprint density at radius 2 is 0.800 bits per heavy atom. The van der Waals surface area contributed by atoms with Crippen LogP contribution in [0.3, 0.4) is 0 Å². The Morgan fingerprint density at radius 3 is 1.52 bits per heavy atom. The molecule has 8 aromatic carbocycles. The number of nitrogens with zero attached hydrogens (tertiary/aromatic N) is 2. The van der Waals surface area contributed by atoms with Crippen molar-refractivity contribution in [1.29, 1.82) is 0 Å². The van der Waals surface area contributed by atoms with Gasteiger partial charge in [0.05, 0.1) is 28.1 Å². The van der Waals surface area contributed by atoms with Crippen LogP contribution in [0, 0.1) is 0 Å². The molecule has 2 nitrogen and oxygen atoms in total. The monoisotopic (exact) mass is 638 g/mol. The SMILES string of the molecule is c1ccc(-c2ccccc2N(c2cccc(-c3ccccc3)c2-c2ccccc2)c2cccc3c2c2ccccc2n3-c2ccccc2)cc1. The van der Waals surface area contributed by atoms with Crippen molar-refractivity contribution in [3.05, 3.63) is 206 Å². The molecule has 0 aliphatic carbocycles. The van der Waals surface area contributed by atoms with Gasteiger partial charge in [0.25, 0.3) is 0 Å². The quantitative estimate of drug-likeness (QED) is 0.169. The molecule has 0 fully saturated rings. The average molecular weight is 639 g/mol. The van der Waals surface area contributed by atoms with Gasteiger partial charge in [0.15, 0.2) is 0 Å². The number of benzene rings is 8. The van der Waals surface area contributed by atoms with Gasteiger partial charge in [-0.25, -0.2) is 0 Å². The molecule has 0 saturated heterocycles. The first-order valence-electron chi connectivity index (χ1n) is 17.1. The lowest BCUT2D eigenvalue weighted by Gasteiger charge is -2.31. The van der Waals surface area contributed by atoms with Crippen molar-refractivity contribution in [3.63, 3.8) is 0 Å². The van der Waals surface area contributed by atoms with Crippen LogP contribution in [-0.2, 0) is 0 Å². The van der Waals surface area contributed by atoms with Crippen LogP contribution in [0.25, 0.3) is 60.9 Å². The molecule has 1 heterocycles. The van der Waals surface area contributed by atoms with Crippen molar-refractivity contribution in [3.8, 4) is 39.1 Å². The Labute approximate surface area is 292 Å². The summed E-state index contributed by atoms with van der Waals surface area (Å²) in [5, 5.41) is 2.42. The Balaban J connectivity index is 1.43. The molecule has 0 bridgehead atoms. The van der Waals surface area contributed by atoms with Crippen molar-refractivity contribution < 1.29 is 0 Å².